The number of nitrogens with one attached hydrogen (secondary N) is 2. The number of ether oxygens (including phenoxy) is 3. The highest BCUT2D eigenvalue weighted by Gasteiger charge is 2.22. The molecule has 0 aliphatic rings. The van der Waals surface area contributed by atoms with Crippen LogP contribution in [-0.4, -0.2) is 58.6 Å². The van der Waals surface area contributed by atoms with Gasteiger partial charge in [0.25, 0.3) is 0 Å². The van der Waals surface area contributed by atoms with Crippen molar-refractivity contribution in [1.29, 1.82) is 0 Å². The number of hydrogen-bond donors (Lipinski definition) is 2. The lowest BCUT2D eigenvalue weighted by molar-refractivity contribution is -0.145. The predicted octanol–water partition coefficient (Wildman–Crippen LogP) is 0.749. The summed E-state index contributed by atoms with van der Waals surface area (Å²) < 4.78 is 14.8. The molecule has 0 aliphatic carbocycles. The predicted molar refractivity (Wildman–Crippen MR) is 89.8 cm³/mol. The molecule has 0 heterocycles. The number of carbonyl (C=O) groups is 2. The topological polar surface area (TPSA) is 85.9 Å². The van der Waals surface area contributed by atoms with Crippen molar-refractivity contribution in [1.82, 2.24) is 10.6 Å². The first kappa shape index (κ1) is 20.4. The van der Waals surface area contributed by atoms with Crippen LogP contribution in [0, 0.1) is 0 Å². The van der Waals surface area contributed by atoms with Gasteiger partial charge in [0.1, 0.15) is 6.04 Å². The minimum absolute atomic E-state index is 0.0131. The maximum Gasteiger partial charge on any atom is 0.328 e. The van der Waals surface area contributed by atoms with Crippen LogP contribution in [0.2, 0.25) is 5.02 Å². The van der Waals surface area contributed by atoms with Crippen LogP contribution in [0.15, 0.2) is 24.3 Å². The lowest BCUT2D eigenvalue weighted by Crippen LogP contribution is -2.47. The zero-order chi connectivity index (χ0) is 17.9. The van der Waals surface area contributed by atoms with Gasteiger partial charge in [-0.1, -0.05) is 29.8 Å². The molecular formula is C16H23ClN2O5. The number of hydrogen-bond acceptors (Lipinski definition) is 6. The highest BCUT2D eigenvalue weighted by atomic mass is 35.5. The Balaban J connectivity index is 2.58. The lowest BCUT2D eigenvalue weighted by Gasteiger charge is -2.18. The van der Waals surface area contributed by atoms with Gasteiger partial charge in [0, 0.05) is 32.2 Å². The van der Waals surface area contributed by atoms with Crippen molar-refractivity contribution in [2.45, 2.75) is 18.8 Å². The molecule has 1 amide bonds. The van der Waals surface area contributed by atoms with Gasteiger partial charge in [0.05, 0.1) is 13.7 Å². The third-order valence-corrected chi connectivity index (χ3v) is 3.69. The van der Waals surface area contributed by atoms with Crippen LogP contribution in [-0.2, 0) is 30.2 Å². The average Bonchev–Trinajstić information content (AvgIpc) is 2.59. The number of esters is 1. The Morgan fingerprint density at radius 1 is 1.17 bits per heavy atom. The first-order chi connectivity index (χ1) is 11.5. The van der Waals surface area contributed by atoms with Crippen LogP contribution in [0.1, 0.15) is 5.56 Å². The van der Waals surface area contributed by atoms with E-state index in [4.69, 9.17) is 25.8 Å². The van der Waals surface area contributed by atoms with Gasteiger partial charge in [-0.05, 0) is 11.6 Å². The van der Waals surface area contributed by atoms with Crippen LogP contribution >= 0.6 is 11.6 Å². The van der Waals surface area contributed by atoms with E-state index in [0.717, 1.165) is 5.56 Å². The molecule has 0 fully saturated rings. The molecule has 0 bridgehead atoms. The first-order valence-corrected chi connectivity index (χ1v) is 7.76. The third-order valence-electron chi connectivity index (χ3n) is 3.33. The van der Waals surface area contributed by atoms with Gasteiger partial charge in [-0.3, -0.25) is 4.79 Å². The fraction of sp³-hybridized carbons (Fsp3) is 0.500. The van der Waals surface area contributed by atoms with E-state index in [-0.39, 0.29) is 18.9 Å². The maximum absolute atomic E-state index is 12.0. The molecule has 24 heavy (non-hydrogen) atoms. The van der Waals surface area contributed by atoms with Crippen molar-refractivity contribution in [2.24, 2.45) is 0 Å². The molecule has 0 spiro atoms. The van der Waals surface area contributed by atoms with Gasteiger partial charge in [0.2, 0.25) is 5.91 Å². The van der Waals surface area contributed by atoms with Crippen LogP contribution in [0.25, 0.3) is 0 Å². The molecule has 1 aromatic carbocycles. The molecule has 7 nitrogen and oxygen atoms in total. The molecular weight excluding hydrogens is 336 g/mol. The summed E-state index contributed by atoms with van der Waals surface area (Å²) in [6, 6.07) is 6.32. The smallest absolute Gasteiger partial charge is 0.328 e. The van der Waals surface area contributed by atoms with Crippen molar-refractivity contribution in [3.05, 3.63) is 34.9 Å². The maximum atomic E-state index is 12.0. The molecule has 0 saturated heterocycles. The zero-order valence-corrected chi connectivity index (χ0v) is 14.8. The van der Waals surface area contributed by atoms with Gasteiger partial charge in [0.15, 0.2) is 6.29 Å². The third kappa shape index (κ3) is 6.84. The number of methoxy groups -OCH3 is 3. The Hall–Kier alpha value is -1.67. The first-order valence-electron chi connectivity index (χ1n) is 7.38. The Morgan fingerprint density at radius 3 is 2.42 bits per heavy atom. The van der Waals surface area contributed by atoms with Gasteiger partial charge in [-0.25, -0.2) is 4.79 Å². The van der Waals surface area contributed by atoms with E-state index in [1.54, 1.807) is 18.2 Å². The summed E-state index contributed by atoms with van der Waals surface area (Å²) in [5.41, 5.74) is 0.752. The van der Waals surface area contributed by atoms with Crippen molar-refractivity contribution >= 4 is 23.5 Å². The molecule has 134 valence electrons. The minimum Gasteiger partial charge on any atom is -0.467 e. The molecule has 0 saturated carbocycles. The minimum atomic E-state index is -0.815. The summed E-state index contributed by atoms with van der Waals surface area (Å²) in [6.07, 6.45) is -0.200. The van der Waals surface area contributed by atoms with Crippen LogP contribution in [0.4, 0.5) is 0 Å². The van der Waals surface area contributed by atoms with E-state index in [1.807, 2.05) is 6.07 Å². The SMILES string of the molecule is COC(=O)[C@@H](Cc1ccccc1Cl)NC(=O)CNCC(OC)OC. The number of benzene rings is 1. The largest absolute Gasteiger partial charge is 0.467 e. The van der Waals surface area contributed by atoms with Crippen molar-refractivity contribution in [3.8, 4) is 0 Å². The molecule has 8 heteroatoms. The fourth-order valence-electron chi connectivity index (χ4n) is 2.03. The second-order valence-corrected chi connectivity index (χ2v) is 5.38. The summed E-state index contributed by atoms with van der Waals surface area (Å²) in [7, 11) is 4.29. The molecule has 1 aromatic rings. The van der Waals surface area contributed by atoms with Gasteiger partial charge >= 0.3 is 5.97 Å². The molecule has 1 rings (SSSR count). The zero-order valence-electron chi connectivity index (χ0n) is 14.0. The molecule has 0 aromatic heterocycles. The fourth-order valence-corrected chi connectivity index (χ4v) is 2.24. The molecule has 1 atom stereocenters. The monoisotopic (exact) mass is 358 g/mol. The van der Waals surface area contributed by atoms with Crippen LogP contribution in [0.5, 0.6) is 0 Å². The quantitative estimate of drug-likeness (QED) is 0.474. The van der Waals surface area contributed by atoms with Gasteiger partial charge in [-0.2, -0.15) is 0 Å². The second-order valence-electron chi connectivity index (χ2n) is 4.97. The average molecular weight is 359 g/mol. The number of halogens is 1. The van der Waals surface area contributed by atoms with Crippen molar-refractivity contribution in [3.63, 3.8) is 0 Å². The summed E-state index contributed by atoms with van der Waals surface area (Å²) in [5, 5.41) is 6.05. The number of rotatable bonds is 10. The lowest BCUT2D eigenvalue weighted by atomic mass is 10.1. The number of carbonyl (C=O) groups excluding carboxylic acids is 2. The van der Waals surface area contributed by atoms with Crippen LogP contribution in [0.3, 0.4) is 0 Å². The standard InChI is InChI=1S/C16H23ClN2O5/c1-22-15(23-2)10-18-9-14(20)19-13(16(21)24-3)8-11-6-4-5-7-12(11)17/h4-7,13,15,18H,8-10H2,1-3H3,(H,19,20)/t13-/m1/s1. The van der Waals surface area contributed by atoms with E-state index >= 15 is 0 Å². The van der Waals surface area contributed by atoms with E-state index in [1.165, 1.54) is 21.3 Å². The Bertz CT molecular complexity index is 537. The summed E-state index contributed by atoms with van der Waals surface area (Å²) in [5.74, 6) is -0.877. The summed E-state index contributed by atoms with van der Waals surface area (Å²) in [6.45, 7) is 0.354. The molecule has 0 aliphatic heterocycles. The number of amides is 1. The highest BCUT2D eigenvalue weighted by Crippen LogP contribution is 2.17. The Kier molecular flexibility index (Phi) is 9.33. The molecule has 0 radical (unpaired) electrons. The van der Waals surface area contributed by atoms with Crippen LogP contribution < -0.4 is 10.6 Å². The molecule has 2 N–H and O–H groups in total. The van der Waals surface area contributed by atoms with Gasteiger partial charge < -0.3 is 24.8 Å². The van der Waals surface area contributed by atoms with Crippen molar-refractivity contribution < 1.29 is 23.8 Å². The summed E-state index contributed by atoms with van der Waals surface area (Å²) >= 11 is 6.10. The van der Waals surface area contributed by atoms with Crippen molar-refractivity contribution in [2.75, 3.05) is 34.4 Å². The van der Waals surface area contributed by atoms with E-state index in [9.17, 15) is 9.59 Å². The Morgan fingerprint density at radius 2 is 1.83 bits per heavy atom. The van der Waals surface area contributed by atoms with E-state index in [0.29, 0.717) is 11.6 Å². The van der Waals surface area contributed by atoms with Gasteiger partial charge in [-0.15, -0.1) is 0 Å². The molecule has 0 unspecified atom stereocenters. The summed E-state index contributed by atoms with van der Waals surface area (Å²) in [4.78, 5) is 23.9. The Labute approximate surface area is 146 Å². The van der Waals surface area contributed by atoms with E-state index < -0.39 is 18.3 Å². The highest BCUT2D eigenvalue weighted by molar-refractivity contribution is 6.31. The van der Waals surface area contributed by atoms with E-state index in [2.05, 4.69) is 10.6 Å². The second kappa shape index (κ2) is 11.0. The normalized spacial score (nSPS) is 12.0.